The van der Waals surface area contributed by atoms with Crippen molar-refractivity contribution in [3.05, 3.63) is 41.7 Å². The monoisotopic (exact) mass is 357 g/mol. The Kier molecular flexibility index (Phi) is 4.82. The number of ether oxygens (including phenoxy) is 2. The molecule has 0 radical (unpaired) electrons. The van der Waals surface area contributed by atoms with Gasteiger partial charge in [0, 0.05) is 45.0 Å². The quantitative estimate of drug-likeness (QED) is 0.772. The number of aromatic nitrogens is 2. The second kappa shape index (κ2) is 6.92. The zero-order chi connectivity index (χ0) is 18.9. The van der Waals surface area contributed by atoms with E-state index in [9.17, 15) is 0 Å². The normalized spacial score (nSPS) is 15.7. The number of nitrogen functional groups attached to an aromatic ring is 1. The van der Waals surface area contributed by atoms with Gasteiger partial charge in [-0.25, -0.2) is 9.97 Å². The fraction of sp³-hybridized carbons (Fsp3) is 0.421. The number of nitrogens with one attached hydrogen (secondary N) is 1. The standard InChI is InChI=1S/C19H25N5O2.H2/c1-12(2)26-17-8-14(15(20)9-23-17)18(21)13-5-6-22-16(7-13)24-10-19(3,11-24)25-4;/h5-9,12,21H,10-11,20H2,1-4H3;1H. The Hall–Kier alpha value is -2.67. The van der Waals surface area contributed by atoms with Gasteiger partial charge in [-0.15, -0.1) is 0 Å². The number of anilines is 2. The third-order valence-corrected chi connectivity index (χ3v) is 4.44. The lowest BCUT2D eigenvalue weighted by Crippen LogP contribution is -2.61. The molecule has 1 saturated heterocycles. The number of rotatable bonds is 6. The summed E-state index contributed by atoms with van der Waals surface area (Å²) in [5, 5.41) is 8.58. The molecule has 3 N–H and O–H groups in total. The van der Waals surface area contributed by atoms with Gasteiger partial charge in [0.15, 0.2) is 0 Å². The van der Waals surface area contributed by atoms with Crippen LogP contribution >= 0.6 is 0 Å². The molecule has 0 amide bonds. The van der Waals surface area contributed by atoms with E-state index in [-0.39, 0.29) is 13.1 Å². The summed E-state index contributed by atoms with van der Waals surface area (Å²) in [4.78, 5) is 10.7. The number of nitrogens with two attached hydrogens (primary N) is 1. The molecule has 2 aromatic rings. The van der Waals surface area contributed by atoms with Gasteiger partial charge in [-0.3, -0.25) is 5.41 Å². The van der Waals surface area contributed by atoms with Crippen molar-refractivity contribution in [3.8, 4) is 5.88 Å². The number of hydrogen-bond acceptors (Lipinski definition) is 7. The Morgan fingerprint density at radius 3 is 2.73 bits per heavy atom. The van der Waals surface area contributed by atoms with E-state index in [0.717, 1.165) is 24.5 Å². The topological polar surface area (TPSA) is 97.3 Å². The average Bonchev–Trinajstić information content (AvgIpc) is 2.59. The van der Waals surface area contributed by atoms with Crippen molar-refractivity contribution in [1.29, 1.82) is 5.41 Å². The van der Waals surface area contributed by atoms with E-state index in [1.807, 2.05) is 26.0 Å². The van der Waals surface area contributed by atoms with E-state index in [0.29, 0.717) is 22.8 Å². The van der Waals surface area contributed by atoms with Crippen LogP contribution in [0.4, 0.5) is 11.5 Å². The van der Waals surface area contributed by atoms with Crippen LogP contribution < -0.4 is 15.4 Å². The van der Waals surface area contributed by atoms with Gasteiger partial charge >= 0.3 is 0 Å². The molecule has 0 spiro atoms. The summed E-state index contributed by atoms with van der Waals surface area (Å²) >= 11 is 0. The summed E-state index contributed by atoms with van der Waals surface area (Å²) in [6.45, 7) is 7.48. The Morgan fingerprint density at radius 1 is 1.35 bits per heavy atom. The van der Waals surface area contributed by atoms with Gasteiger partial charge in [0.2, 0.25) is 5.88 Å². The van der Waals surface area contributed by atoms with Gasteiger partial charge in [0.05, 0.1) is 29.3 Å². The molecule has 0 saturated carbocycles. The summed E-state index contributed by atoms with van der Waals surface area (Å²) in [7, 11) is 1.72. The van der Waals surface area contributed by atoms with Gasteiger partial charge in [-0.2, -0.15) is 0 Å². The Balaban J connectivity index is 0.00000261. The first-order valence-electron chi connectivity index (χ1n) is 8.59. The Bertz CT molecular complexity index is 821. The first kappa shape index (κ1) is 18.1. The van der Waals surface area contributed by atoms with Crippen LogP contribution in [0.1, 0.15) is 33.3 Å². The molecule has 140 valence electrons. The highest BCUT2D eigenvalue weighted by Crippen LogP contribution is 2.29. The molecular weight excluding hydrogens is 330 g/mol. The first-order valence-corrected chi connectivity index (χ1v) is 8.59. The van der Waals surface area contributed by atoms with E-state index < -0.39 is 0 Å². The van der Waals surface area contributed by atoms with Gasteiger partial charge in [0.25, 0.3) is 0 Å². The molecule has 2 aromatic heterocycles. The molecule has 1 fully saturated rings. The van der Waals surface area contributed by atoms with E-state index in [1.165, 1.54) is 6.20 Å². The number of hydrogen-bond donors (Lipinski definition) is 2. The van der Waals surface area contributed by atoms with Crippen LogP contribution in [0.2, 0.25) is 0 Å². The van der Waals surface area contributed by atoms with Crippen molar-refractivity contribution in [2.24, 2.45) is 0 Å². The number of methoxy groups -OCH3 is 1. The summed E-state index contributed by atoms with van der Waals surface area (Å²) in [6.07, 6.45) is 3.25. The van der Waals surface area contributed by atoms with Crippen molar-refractivity contribution in [3.63, 3.8) is 0 Å². The van der Waals surface area contributed by atoms with Crippen LogP contribution in [0.3, 0.4) is 0 Å². The SMILES string of the molecule is COC1(C)CN(c2cc(C(=N)c3cc(OC(C)C)ncc3N)ccn2)C1.[HH]. The van der Waals surface area contributed by atoms with Crippen LogP contribution in [0.25, 0.3) is 0 Å². The minimum Gasteiger partial charge on any atom is -0.475 e. The lowest BCUT2D eigenvalue weighted by atomic mass is 9.96. The maximum atomic E-state index is 8.58. The van der Waals surface area contributed by atoms with Gasteiger partial charge in [0.1, 0.15) is 5.82 Å². The zero-order valence-corrected chi connectivity index (χ0v) is 15.6. The molecule has 1 aliphatic rings. The summed E-state index contributed by atoms with van der Waals surface area (Å²) < 4.78 is 11.1. The molecule has 26 heavy (non-hydrogen) atoms. The highest BCUT2D eigenvalue weighted by Gasteiger charge is 2.39. The maximum Gasteiger partial charge on any atom is 0.214 e. The second-order valence-electron chi connectivity index (χ2n) is 7.06. The molecule has 0 atom stereocenters. The zero-order valence-electron chi connectivity index (χ0n) is 15.6. The molecule has 0 bridgehead atoms. The predicted molar refractivity (Wildman–Crippen MR) is 104 cm³/mol. The van der Waals surface area contributed by atoms with E-state index >= 15 is 0 Å². The molecule has 0 unspecified atom stereocenters. The van der Waals surface area contributed by atoms with Gasteiger partial charge in [-0.05, 0) is 32.9 Å². The number of pyridine rings is 2. The van der Waals surface area contributed by atoms with E-state index in [1.54, 1.807) is 19.4 Å². The number of nitrogens with zero attached hydrogens (tertiary/aromatic N) is 3. The highest BCUT2D eigenvalue weighted by molar-refractivity contribution is 6.14. The van der Waals surface area contributed by atoms with Crippen LogP contribution in [0.15, 0.2) is 30.6 Å². The smallest absolute Gasteiger partial charge is 0.214 e. The molecule has 3 heterocycles. The van der Waals surface area contributed by atoms with E-state index in [2.05, 4.69) is 21.8 Å². The van der Waals surface area contributed by atoms with Crippen molar-refractivity contribution >= 4 is 17.2 Å². The average molecular weight is 357 g/mol. The minimum absolute atomic E-state index is 0. The molecule has 1 aliphatic heterocycles. The summed E-state index contributed by atoms with van der Waals surface area (Å²) in [5.41, 5.74) is 8.01. The summed E-state index contributed by atoms with van der Waals surface area (Å²) in [6, 6.07) is 5.42. The lowest BCUT2D eigenvalue weighted by molar-refractivity contribution is -0.0171. The van der Waals surface area contributed by atoms with Crippen molar-refractivity contribution in [1.82, 2.24) is 9.97 Å². The van der Waals surface area contributed by atoms with Crippen LogP contribution in [0, 0.1) is 5.41 Å². The highest BCUT2D eigenvalue weighted by atomic mass is 16.5. The third-order valence-electron chi connectivity index (χ3n) is 4.44. The Morgan fingerprint density at radius 2 is 2.08 bits per heavy atom. The molecule has 7 heteroatoms. The van der Waals surface area contributed by atoms with E-state index in [4.69, 9.17) is 20.6 Å². The molecule has 7 nitrogen and oxygen atoms in total. The van der Waals surface area contributed by atoms with Crippen molar-refractivity contribution < 1.29 is 10.9 Å². The fourth-order valence-electron chi connectivity index (χ4n) is 2.92. The minimum atomic E-state index is -0.135. The fourth-order valence-corrected chi connectivity index (χ4v) is 2.92. The Labute approximate surface area is 155 Å². The lowest BCUT2D eigenvalue weighted by Gasteiger charge is -2.47. The van der Waals surface area contributed by atoms with Gasteiger partial charge < -0.3 is 20.1 Å². The largest absolute Gasteiger partial charge is 0.475 e. The van der Waals surface area contributed by atoms with Crippen molar-refractivity contribution in [2.45, 2.75) is 32.5 Å². The maximum absolute atomic E-state index is 8.58. The second-order valence-corrected chi connectivity index (χ2v) is 7.06. The molecule has 3 rings (SSSR count). The molecular formula is C19H27N5O2. The van der Waals surface area contributed by atoms with Crippen LogP contribution in [0.5, 0.6) is 5.88 Å². The summed E-state index contributed by atoms with van der Waals surface area (Å²) in [5.74, 6) is 1.29. The van der Waals surface area contributed by atoms with Gasteiger partial charge in [-0.1, -0.05) is 0 Å². The third kappa shape index (κ3) is 3.62. The molecule has 0 aliphatic carbocycles. The van der Waals surface area contributed by atoms with Crippen LogP contribution in [-0.2, 0) is 4.74 Å². The predicted octanol–water partition coefficient (Wildman–Crippen LogP) is 2.73. The van der Waals surface area contributed by atoms with Crippen LogP contribution in [-0.4, -0.2) is 47.6 Å². The molecule has 0 aromatic carbocycles. The first-order chi connectivity index (χ1) is 12.3. The van der Waals surface area contributed by atoms with Crippen molar-refractivity contribution in [2.75, 3.05) is 30.8 Å².